The molecule has 0 spiro atoms. The van der Waals surface area contributed by atoms with E-state index in [0.717, 1.165) is 33.1 Å². The van der Waals surface area contributed by atoms with Gasteiger partial charge >= 0.3 is 0 Å². The Morgan fingerprint density at radius 2 is 2.00 bits per heavy atom. The average Bonchev–Trinajstić information content (AvgIpc) is 2.64. The predicted molar refractivity (Wildman–Crippen MR) is 78.5 cm³/mol. The minimum atomic E-state index is -3.40. The monoisotopic (exact) mass is 278 g/mol. The van der Waals surface area contributed by atoms with Crippen LogP contribution in [0.3, 0.4) is 0 Å². The van der Waals surface area contributed by atoms with Crippen LogP contribution in [0.15, 0.2) is 24.1 Å². The fourth-order valence-corrected chi connectivity index (χ4v) is 2.64. The van der Waals surface area contributed by atoms with Gasteiger partial charge in [0, 0.05) is 23.0 Å². The molecular formula is C14H18N2O2S. The number of hydrogen-bond acceptors (Lipinski definition) is 2. The largest absolute Gasteiger partial charge is 0.358 e. The van der Waals surface area contributed by atoms with Crippen LogP contribution in [0.25, 0.3) is 10.9 Å². The van der Waals surface area contributed by atoms with Crippen LogP contribution in [-0.4, -0.2) is 13.4 Å². The number of aromatic nitrogens is 1. The molecule has 5 heteroatoms. The van der Waals surface area contributed by atoms with Crippen molar-refractivity contribution in [2.75, 3.05) is 0 Å². The number of aromatic amines is 1. The molecule has 1 aromatic heterocycles. The number of nitrogens with one attached hydrogen (secondary N) is 2. The van der Waals surface area contributed by atoms with Crippen LogP contribution in [0, 0.1) is 20.8 Å². The minimum absolute atomic E-state index is 0.256. The molecule has 0 radical (unpaired) electrons. The molecule has 0 saturated carbocycles. The molecule has 1 aromatic carbocycles. The third-order valence-corrected chi connectivity index (χ3v) is 4.31. The zero-order valence-corrected chi connectivity index (χ0v) is 12.2. The Hall–Kier alpha value is -1.59. The fraction of sp³-hybridized carbons (Fsp3) is 0.286. The van der Waals surface area contributed by atoms with Crippen molar-refractivity contribution >= 4 is 20.9 Å². The van der Waals surface area contributed by atoms with Gasteiger partial charge in [0.05, 0.1) is 5.52 Å². The fourth-order valence-electron chi connectivity index (χ4n) is 2.16. The van der Waals surface area contributed by atoms with Crippen LogP contribution in [0.2, 0.25) is 0 Å². The van der Waals surface area contributed by atoms with Crippen LogP contribution in [0.1, 0.15) is 22.4 Å². The highest BCUT2D eigenvalue weighted by atomic mass is 32.2. The van der Waals surface area contributed by atoms with Crippen molar-refractivity contribution in [1.82, 2.24) is 9.71 Å². The molecule has 0 fully saturated rings. The van der Waals surface area contributed by atoms with Gasteiger partial charge in [-0.05, 0) is 38.0 Å². The van der Waals surface area contributed by atoms with Gasteiger partial charge in [-0.1, -0.05) is 18.2 Å². The summed E-state index contributed by atoms with van der Waals surface area (Å²) in [5.41, 5.74) is 5.35. The maximum absolute atomic E-state index is 11.4. The molecule has 2 N–H and O–H groups in total. The highest BCUT2D eigenvalue weighted by Crippen LogP contribution is 2.26. The van der Waals surface area contributed by atoms with Crippen LogP contribution >= 0.6 is 0 Å². The van der Waals surface area contributed by atoms with Gasteiger partial charge in [0.1, 0.15) is 0 Å². The van der Waals surface area contributed by atoms with E-state index in [1.54, 1.807) is 0 Å². The zero-order chi connectivity index (χ0) is 14.2. The molecule has 19 heavy (non-hydrogen) atoms. The summed E-state index contributed by atoms with van der Waals surface area (Å²) in [4.78, 5) is 3.32. The Morgan fingerprint density at radius 1 is 1.32 bits per heavy atom. The molecule has 4 nitrogen and oxygen atoms in total. The predicted octanol–water partition coefficient (Wildman–Crippen LogP) is 2.66. The number of benzene rings is 1. The number of hydrogen-bond donors (Lipinski definition) is 2. The zero-order valence-electron chi connectivity index (χ0n) is 11.4. The van der Waals surface area contributed by atoms with Gasteiger partial charge in [0.25, 0.3) is 0 Å². The average molecular weight is 278 g/mol. The van der Waals surface area contributed by atoms with Crippen molar-refractivity contribution in [3.8, 4) is 0 Å². The Bertz CT molecular complexity index is 742. The van der Waals surface area contributed by atoms with Crippen LogP contribution in [-0.2, 0) is 16.6 Å². The molecule has 0 amide bonds. The minimum Gasteiger partial charge on any atom is -0.358 e. The first-order chi connectivity index (χ1) is 8.84. The summed E-state index contributed by atoms with van der Waals surface area (Å²) >= 11 is 0. The van der Waals surface area contributed by atoms with Gasteiger partial charge < -0.3 is 4.98 Å². The van der Waals surface area contributed by atoms with E-state index in [9.17, 15) is 8.42 Å². The van der Waals surface area contributed by atoms with Gasteiger partial charge in [-0.25, -0.2) is 13.1 Å². The van der Waals surface area contributed by atoms with Gasteiger partial charge in [-0.2, -0.15) is 0 Å². The quantitative estimate of drug-likeness (QED) is 0.903. The Labute approximate surface area is 113 Å². The third kappa shape index (κ3) is 2.72. The molecule has 0 unspecified atom stereocenters. The molecule has 0 atom stereocenters. The number of aryl methyl sites for hydroxylation is 3. The molecule has 0 aliphatic rings. The molecule has 0 saturated heterocycles. The van der Waals surface area contributed by atoms with E-state index < -0.39 is 10.0 Å². The van der Waals surface area contributed by atoms with E-state index in [1.807, 2.05) is 19.9 Å². The summed E-state index contributed by atoms with van der Waals surface area (Å²) in [6.45, 7) is 9.62. The number of H-pyrrole nitrogens is 1. The summed E-state index contributed by atoms with van der Waals surface area (Å²) in [6.07, 6.45) is 0. The summed E-state index contributed by atoms with van der Waals surface area (Å²) in [5, 5.41) is 2.07. The van der Waals surface area contributed by atoms with Crippen molar-refractivity contribution in [2.24, 2.45) is 0 Å². The van der Waals surface area contributed by atoms with Crippen molar-refractivity contribution in [2.45, 2.75) is 27.3 Å². The summed E-state index contributed by atoms with van der Waals surface area (Å²) in [6, 6.07) is 4.10. The van der Waals surface area contributed by atoms with Crippen molar-refractivity contribution in [3.63, 3.8) is 0 Å². The van der Waals surface area contributed by atoms with E-state index in [2.05, 4.69) is 29.3 Å². The molecule has 1 heterocycles. The van der Waals surface area contributed by atoms with Crippen LogP contribution in [0.5, 0.6) is 0 Å². The van der Waals surface area contributed by atoms with Crippen molar-refractivity contribution < 1.29 is 8.42 Å². The van der Waals surface area contributed by atoms with Crippen molar-refractivity contribution in [1.29, 1.82) is 0 Å². The molecule has 0 aliphatic carbocycles. The molecular weight excluding hydrogens is 260 g/mol. The number of fused-ring (bicyclic) bond motifs is 1. The molecule has 102 valence electrons. The summed E-state index contributed by atoms with van der Waals surface area (Å²) in [5.74, 6) is 0. The molecule has 2 rings (SSSR count). The van der Waals surface area contributed by atoms with Crippen molar-refractivity contribution in [3.05, 3.63) is 46.5 Å². The SMILES string of the molecule is C=CS(=O)(=O)NCc1cc(C)cc2c(C)c(C)[nH]c12. The van der Waals surface area contributed by atoms with Crippen LogP contribution < -0.4 is 4.72 Å². The number of sulfonamides is 1. The van der Waals surface area contributed by atoms with E-state index in [4.69, 9.17) is 0 Å². The van der Waals surface area contributed by atoms with E-state index in [1.165, 1.54) is 5.56 Å². The van der Waals surface area contributed by atoms with Gasteiger partial charge in [-0.15, -0.1) is 0 Å². The molecule has 2 aromatic rings. The normalized spacial score (nSPS) is 11.9. The van der Waals surface area contributed by atoms with E-state index in [-0.39, 0.29) is 6.54 Å². The lowest BCUT2D eigenvalue weighted by Gasteiger charge is -2.06. The second-order valence-electron chi connectivity index (χ2n) is 4.75. The second kappa shape index (κ2) is 4.83. The molecule has 0 aliphatic heterocycles. The maximum Gasteiger partial charge on any atom is 0.233 e. The van der Waals surface area contributed by atoms with E-state index in [0.29, 0.717) is 0 Å². The van der Waals surface area contributed by atoms with E-state index >= 15 is 0 Å². The first-order valence-corrected chi connectivity index (χ1v) is 7.59. The second-order valence-corrected chi connectivity index (χ2v) is 6.47. The lowest BCUT2D eigenvalue weighted by Crippen LogP contribution is -2.20. The lowest BCUT2D eigenvalue weighted by atomic mass is 10.1. The van der Waals surface area contributed by atoms with Gasteiger partial charge in [-0.3, -0.25) is 0 Å². The Morgan fingerprint density at radius 3 is 2.63 bits per heavy atom. The maximum atomic E-state index is 11.4. The highest BCUT2D eigenvalue weighted by Gasteiger charge is 2.11. The Balaban J connectivity index is 2.48. The third-order valence-electron chi connectivity index (χ3n) is 3.33. The highest BCUT2D eigenvalue weighted by molar-refractivity contribution is 7.92. The topological polar surface area (TPSA) is 62.0 Å². The first-order valence-electron chi connectivity index (χ1n) is 6.04. The first kappa shape index (κ1) is 13.8. The molecule has 0 bridgehead atoms. The standard InChI is InChI=1S/C14H18N2O2S/c1-5-19(17,18)15-8-12-6-9(2)7-13-10(3)11(4)16-14(12)13/h5-7,15-16H,1,8H2,2-4H3. The summed E-state index contributed by atoms with van der Waals surface area (Å²) < 4.78 is 25.4. The van der Waals surface area contributed by atoms with Gasteiger partial charge in [0.2, 0.25) is 10.0 Å². The smallest absolute Gasteiger partial charge is 0.233 e. The number of rotatable bonds is 4. The summed E-state index contributed by atoms with van der Waals surface area (Å²) in [7, 11) is -3.40. The van der Waals surface area contributed by atoms with Crippen LogP contribution in [0.4, 0.5) is 0 Å². The lowest BCUT2D eigenvalue weighted by molar-refractivity contribution is 0.591. The van der Waals surface area contributed by atoms with Gasteiger partial charge in [0.15, 0.2) is 0 Å². The Kier molecular flexibility index (Phi) is 3.52.